The summed E-state index contributed by atoms with van der Waals surface area (Å²) in [6.45, 7) is 0.0381. The van der Waals surface area contributed by atoms with Crippen molar-refractivity contribution >= 4 is 21.4 Å². The molecule has 3 N–H and O–H groups in total. The summed E-state index contributed by atoms with van der Waals surface area (Å²) in [4.78, 5) is 0. The molecule has 6 heteroatoms. The minimum absolute atomic E-state index is 0.0381. The molecule has 0 aliphatic rings. The van der Waals surface area contributed by atoms with E-state index in [1.807, 2.05) is 6.07 Å². The van der Waals surface area contributed by atoms with Crippen molar-refractivity contribution in [3.05, 3.63) is 54.6 Å². The van der Waals surface area contributed by atoms with Crippen LogP contribution in [0.15, 0.2) is 54.6 Å². The van der Waals surface area contributed by atoms with E-state index in [1.165, 1.54) is 0 Å². The zero-order valence-electron chi connectivity index (χ0n) is 10.8. The standard InChI is InChI=1S/C14H16N2O3S/c15-13-8-4-5-9-14(13)19-10-11-20(17,18)16-12-6-2-1-3-7-12/h1-9,16H,10-11,15H2. The van der Waals surface area contributed by atoms with Crippen molar-refractivity contribution in [2.45, 2.75) is 0 Å². The predicted octanol–water partition coefficient (Wildman–Crippen LogP) is 2.09. The third-order valence-corrected chi connectivity index (χ3v) is 3.83. The number of hydrogen-bond donors (Lipinski definition) is 2. The Labute approximate surface area is 118 Å². The topological polar surface area (TPSA) is 81.4 Å². The van der Waals surface area contributed by atoms with Gasteiger partial charge in [-0.05, 0) is 24.3 Å². The average molecular weight is 292 g/mol. The molecule has 0 amide bonds. The second kappa shape index (κ2) is 6.29. The molecule has 0 bridgehead atoms. The van der Waals surface area contributed by atoms with Crippen LogP contribution in [0.3, 0.4) is 0 Å². The zero-order valence-corrected chi connectivity index (χ0v) is 11.6. The van der Waals surface area contributed by atoms with Crippen molar-refractivity contribution in [2.24, 2.45) is 0 Å². The van der Waals surface area contributed by atoms with Gasteiger partial charge in [0.1, 0.15) is 18.1 Å². The van der Waals surface area contributed by atoms with Crippen LogP contribution in [0.1, 0.15) is 0 Å². The van der Waals surface area contributed by atoms with Crippen molar-refractivity contribution in [3.8, 4) is 5.75 Å². The first-order valence-corrected chi connectivity index (χ1v) is 7.75. The molecule has 0 saturated carbocycles. The number of anilines is 2. The van der Waals surface area contributed by atoms with Gasteiger partial charge in [0.2, 0.25) is 10.0 Å². The Morgan fingerprint density at radius 3 is 2.35 bits per heavy atom. The highest BCUT2D eigenvalue weighted by Crippen LogP contribution is 2.19. The molecule has 2 rings (SSSR count). The van der Waals surface area contributed by atoms with Gasteiger partial charge in [0.15, 0.2) is 0 Å². The number of nitrogens with one attached hydrogen (secondary N) is 1. The van der Waals surface area contributed by atoms with Crippen LogP contribution < -0.4 is 15.2 Å². The molecule has 106 valence electrons. The molecule has 0 heterocycles. The summed E-state index contributed by atoms with van der Waals surface area (Å²) < 4.78 is 31.6. The molecule has 0 radical (unpaired) electrons. The zero-order chi connectivity index (χ0) is 14.4. The lowest BCUT2D eigenvalue weighted by atomic mass is 10.3. The fourth-order valence-electron chi connectivity index (χ4n) is 1.61. The molecule has 2 aromatic carbocycles. The third kappa shape index (κ3) is 4.17. The van der Waals surface area contributed by atoms with Crippen LogP contribution in [0.25, 0.3) is 0 Å². The second-order valence-corrected chi connectivity index (χ2v) is 6.02. The molecule has 0 saturated heterocycles. The molecule has 0 atom stereocenters. The van der Waals surface area contributed by atoms with Crippen molar-refractivity contribution in [2.75, 3.05) is 22.8 Å². The molecular formula is C14H16N2O3S. The Hall–Kier alpha value is -2.21. The molecular weight excluding hydrogens is 276 g/mol. The molecule has 2 aromatic rings. The fraction of sp³-hybridized carbons (Fsp3) is 0.143. The average Bonchev–Trinajstić information content (AvgIpc) is 2.41. The van der Waals surface area contributed by atoms with Gasteiger partial charge >= 0.3 is 0 Å². The van der Waals surface area contributed by atoms with Gasteiger partial charge in [0, 0.05) is 5.69 Å². The maximum absolute atomic E-state index is 11.9. The lowest BCUT2D eigenvalue weighted by molar-refractivity contribution is 0.343. The van der Waals surface area contributed by atoms with Crippen LogP contribution in [-0.2, 0) is 10.0 Å². The molecule has 0 aromatic heterocycles. The summed E-state index contributed by atoms with van der Waals surface area (Å²) in [6.07, 6.45) is 0. The Balaban J connectivity index is 1.89. The van der Waals surface area contributed by atoms with Gasteiger partial charge in [-0.15, -0.1) is 0 Å². The number of ether oxygens (including phenoxy) is 1. The maximum atomic E-state index is 11.9. The quantitative estimate of drug-likeness (QED) is 0.799. The Bertz CT molecular complexity index is 657. The molecule has 0 unspecified atom stereocenters. The lowest BCUT2D eigenvalue weighted by Crippen LogP contribution is -2.21. The van der Waals surface area contributed by atoms with Gasteiger partial charge in [0.05, 0.1) is 5.69 Å². The Morgan fingerprint density at radius 2 is 1.65 bits per heavy atom. The van der Waals surface area contributed by atoms with Crippen LogP contribution in [-0.4, -0.2) is 20.8 Å². The second-order valence-electron chi connectivity index (χ2n) is 4.17. The van der Waals surface area contributed by atoms with Crippen molar-refractivity contribution in [1.82, 2.24) is 0 Å². The van der Waals surface area contributed by atoms with Crippen LogP contribution >= 0.6 is 0 Å². The van der Waals surface area contributed by atoms with Crippen molar-refractivity contribution in [3.63, 3.8) is 0 Å². The van der Waals surface area contributed by atoms with Crippen LogP contribution in [0.5, 0.6) is 5.75 Å². The molecule has 0 aliphatic carbocycles. The number of rotatable bonds is 6. The van der Waals surface area contributed by atoms with E-state index < -0.39 is 10.0 Å². The fourth-order valence-corrected chi connectivity index (χ4v) is 2.51. The van der Waals surface area contributed by atoms with Gasteiger partial charge < -0.3 is 10.5 Å². The molecule has 0 fully saturated rings. The monoisotopic (exact) mass is 292 g/mol. The number of nitrogens with two attached hydrogens (primary N) is 1. The van der Waals surface area contributed by atoms with Crippen LogP contribution in [0.4, 0.5) is 11.4 Å². The third-order valence-electron chi connectivity index (χ3n) is 2.58. The maximum Gasteiger partial charge on any atom is 0.236 e. The minimum Gasteiger partial charge on any atom is -0.490 e. The van der Waals surface area contributed by atoms with Crippen molar-refractivity contribution in [1.29, 1.82) is 0 Å². The van der Waals surface area contributed by atoms with Gasteiger partial charge in [-0.1, -0.05) is 30.3 Å². The first kappa shape index (κ1) is 14.2. The molecule has 5 nitrogen and oxygen atoms in total. The number of sulfonamides is 1. The lowest BCUT2D eigenvalue weighted by Gasteiger charge is -2.10. The highest BCUT2D eigenvalue weighted by atomic mass is 32.2. The molecule has 20 heavy (non-hydrogen) atoms. The van der Waals surface area contributed by atoms with Gasteiger partial charge in [-0.3, -0.25) is 4.72 Å². The minimum atomic E-state index is -3.43. The first-order chi connectivity index (χ1) is 9.57. The largest absolute Gasteiger partial charge is 0.490 e. The smallest absolute Gasteiger partial charge is 0.236 e. The van der Waals surface area contributed by atoms with E-state index in [4.69, 9.17) is 10.5 Å². The Kier molecular flexibility index (Phi) is 4.47. The summed E-state index contributed by atoms with van der Waals surface area (Å²) in [6, 6.07) is 15.7. The first-order valence-electron chi connectivity index (χ1n) is 6.10. The SMILES string of the molecule is Nc1ccccc1OCCS(=O)(=O)Nc1ccccc1. The summed E-state index contributed by atoms with van der Waals surface area (Å²) in [5, 5.41) is 0. The van der Waals surface area contributed by atoms with E-state index in [9.17, 15) is 8.42 Å². The number of nitrogen functional groups attached to an aromatic ring is 1. The predicted molar refractivity (Wildman–Crippen MR) is 80.2 cm³/mol. The highest BCUT2D eigenvalue weighted by Gasteiger charge is 2.11. The number of hydrogen-bond acceptors (Lipinski definition) is 4. The number of benzene rings is 2. The van der Waals surface area contributed by atoms with Crippen LogP contribution in [0, 0.1) is 0 Å². The van der Waals surface area contributed by atoms with Crippen molar-refractivity contribution < 1.29 is 13.2 Å². The van der Waals surface area contributed by atoms with Gasteiger partial charge in [-0.25, -0.2) is 8.42 Å². The van der Waals surface area contributed by atoms with E-state index >= 15 is 0 Å². The van der Waals surface area contributed by atoms with E-state index in [1.54, 1.807) is 48.5 Å². The highest BCUT2D eigenvalue weighted by molar-refractivity contribution is 7.92. The van der Waals surface area contributed by atoms with E-state index in [0.29, 0.717) is 17.1 Å². The van der Waals surface area contributed by atoms with E-state index in [2.05, 4.69) is 4.72 Å². The van der Waals surface area contributed by atoms with E-state index in [-0.39, 0.29) is 12.4 Å². The molecule has 0 aliphatic heterocycles. The summed E-state index contributed by atoms with van der Waals surface area (Å²) in [5.41, 5.74) is 6.72. The van der Waals surface area contributed by atoms with Gasteiger partial charge in [-0.2, -0.15) is 0 Å². The van der Waals surface area contributed by atoms with E-state index in [0.717, 1.165) is 0 Å². The summed E-state index contributed by atoms with van der Waals surface area (Å²) in [5.74, 6) is 0.346. The summed E-state index contributed by atoms with van der Waals surface area (Å²) in [7, 11) is -3.43. The summed E-state index contributed by atoms with van der Waals surface area (Å²) >= 11 is 0. The van der Waals surface area contributed by atoms with Gasteiger partial charge in [0.25, 0.3) is 0 Å². The Morgan fingerprint density at radius 1 is 1.00 bits per heavy atom. The normalized spacial score (nSPS) is 11.0. The van der Waals surface area contributed by atoms with Crippen LogP contribution in [0.2, 0.25) is 0 Å². The number of para-hydroxylation sites is 3. The molecule has 0 spiro atoms.